The Bertz CT molecular complexity index is 536. The summed E-state index contributed by atoms with van der Waals surface area (Å²) in [6, 6.07) is 20.9. The first-order valence-corrected chi connectivity index (χ1v) is 8.29. The standard InChI is InChI=1S/C19H24N2O/c1-3-7-18(8-4-1)17-21-13-11-20(12-14-21)15-16-22-19-9-5-2-6-10-19/h1-10H,11-17H2/p+2. The number of nitrogens with one attached hydrogen (secondary N) is 2. The van der Waals surface area contributed by atoms with E-state index in [1.807, 2.05) is 30.3 Å². The van der Waals surface area contributed by atoms with Crippen molar-refractivity contribution in [3.63, 3.8) is 0 Å². The van der Waals surface area contributed by atoms with E-state index in [1.54, 1.807) is 9.80 Å². The van der Waals surface area contributed by atoms with Gasteiger partial charge < -0.3 is 14.5 Å². The van der Waals surface area contributed by atoms with E-state index in [-0.39, 0.29) is 0 Å². The molecule has 22 heavy (non-hydrogen) atoms. The Morgan fingerprint density at radius 2 is 1.32 bits per heavy atom. The number of quaternary nitrogens is 2. The lowest BCUT2D eigenvalue weighted by Crippen LogP contribution is -3.27. The van der Waals surface area contributed by atoms with E-state index in [9.17, 15) is 0 Å². The number of para-hydroxylation sites is 1. The van der Waals surface area contributed by atoms with Gasteiger partial charge in [0.05, 0.1) is 0 Å². The van der Waals surface area contributed by atoms with Gasteiger partial charge in [0, 0.05) is 5.56 Å². The molecule has 0 unspecified atom stereocenters. The summed E-state index contributed by atoms with van der Waals surface area (Å²) in [5.41, 5.74) is 1.45. The van der Waals surface area contributed by atoms with E-state index in [0.29, 0.717) is 0 Å². The highest BCUT2D eigenvalue weighted by molar-refractivity contribution is 5.20. The van der Waals surface area contributed by atoms with Crippen molar-refractivity contribution in [3.05, 3.63) is 66.2 Å². The quantitative estimate of drug-likeness (QED) is 0.771. The molecule has 2 N–H and O–H groups in total. The Morgan fingerprint density at radius 1 is 0.727 bits per heavy atom. The summed E-state index contributed by atoms with van der Waals surface area (Å²) in [6.45, 7) is 8.10. The molecule has 1 fully saturated rings. The predicted molar refractivity (Wildman–Crippen MR) is 88.3 cm³/mol. The molecule has 0 radical (unpaired) electrons. The van der Waals surface area contributed by atoms with E-state index in [1.165, 1.54) is 31.7 Å². The maximum absolute atomic E-state index is 5.80. The Morgan fingerprint density at radius 3 is 2.00 bits per heavy atom. The molecule has 0 bridgehead atoms. The number of ether oxygens (including phenoxy) is 1. The van der Waals surface area contributed by atoms with E-state index in [2.05, 4.69) is 30.3 Å². The van der Waals surface area contributed by atoms with Gasteiger partial charge in [0.1, 0.15) is 51.6 Å². The molecule has 3 rings (SSSR count). The molecule has 3 nitrogen and oxygen atoms in total. The molecule has 2 aromatic carbocycles. The van der Waals surface area contributed by atoms with Crippen LogP contribution < -0.4 is 14.5 Å². The second kappa shape index (κ2) is 7.97. The second-order valence-electron chi connectivity index (χ2n) is 6.07. The van der Waals surface area contributed by atoms with Gasteiger partial charge in [-0.05, 0) is 12.1 Å². The Hall–Kier alpha value is -1.84. The van der Waals surface area contributed by atoms with Crippen LogP contribution in [0.3, 0.4) is 0 Å². The van der Waals surface area contributed by atoms with Gasteiger partial charge >= 0.3 is 0 Å². The van der Waals surface area contributed by atoms with Crippen molar-refractivity contribution >= 4 is 0 Å². The minimum Gasteiger partial charge on any atom is -0.488 e. The zero-order chi connectivity index (χ0) is 15.0. The van der Waals surface area contributed by atoms with Gasteiger partial charge in [-0.1, -0.05) is 48.5 Å². The molecule has 1 aliphatic rings. The van der Waals surface area contributed by atoms with Crippen molar-refractivity contribution in [2.45, 2.75) is 6.54 Å². The molecule has 0 aliphatic carbocycles. The summed E-state index contributed by atoms with van der Waals surface area (Å²) in [5, 5.41) is 0. The Labute approximate surface area is 133 Å². The van der Waals surface area contributed by atoms with E-state index >= 15 is 0 Å². The maximum Gasteiger partial charge on any atom is 0.137 e. The summed E-state index contributed by atoms with van der Waals surface area (Å²) in [7, 11) is 0. The molecule has 3 heteroatoms. The molecule has 0 amide bonds. The van der Waals surface area contributed by atoms with E-state index in [4.69, 9.17) is 4.74 Å². The van der Waals surface area contributed by atoms with Crippen molar-refractivity contribution in [2.75, 3.05) is 39.3 Å². The highest BCUT2D eigenvalue weighted by atomic mass is 16.5. The maximum atomic E-state index is 5.80. The third-order valence-corrected chi connectivity index (χ3v) is 4.43. The largest absolute Gasteiger partial charge is 0.488 e. The van der Waals surface area contributed by atoms with Crippen LogP contribution in [0.25, 0.3) is 0 Å². The third kappa shape index (κ3) is 4.58. The average molecular weight is 298 g/mol. The minimum atomic E-state index is 0.813. The van der Waals surface area contributed by atoms with Gasteiger partial charge in [0.15, 0.2) is 0 Å². The number of hydrogen-bond donors (Lipinski definition) is 2. The summed E-state index contributed by atoms with van der Waals surface area (Å²) >= 11 is 0. The van der Waals surface area contributed by atoms with E-state index < -0.39 is 0 Å². The lowest BCUT2D eigenvalue weighted by molar-refractivity contribution is -1.02. The molecule has 116 valence electrons. The highest BCUT2D eigenvalue weighted by Gasteiger charge is 2.22. The molecule has 0 saturated carbocycles. The van der Waals surface area contributed by atoms with Crippen molar-refractivity contribution in [2.24, 2.45) is 0 Å². The topological polar surface area (TPSA) is 18.1 Å². The Balaban J connectivity index is 1.35. The Kier molecular flexibility index (Phi) is 5.46. The van der Waals surface area contributed by atoms with Crippen LogP contribution in [0.5, 0.6) is 5.75 Å². The lowest BCUT2D eigenvalue weighted by Gasteiger charge is -2.29. The molecule has 0 spiro atoms. The van der Waals surface area contributed by atoms with Crippen molar-refractivity contribution < 1.29 is 14.5 Å². The average Bonchev–Trinajstić information content (AvgIpc) is 2.58. The number of hydrogen-bond acceptors (Lipinski definition) is 1. The predicted octanol–water partition coefficient (Wildman–Crippen LogP) is 0.0490. The van der Waals surface area contributed by atoms with Crippen LogP contribution in [0.1, 0.15) is 5.56 Å². The molecule has 0 atom stereocenters. The fourth-order valence-electron chi connectivity index (χ4n) is 3.10. The SMILES string of the molecule is c1ccc(C[NH+]2CC[NH+](CCOc3ccccc3)CC2)cc1. The van der Waals surface area contributed by atoms with Crippen LogP contribution in [0.4, 0.5) is 0 Å². The highest BCUT2D eigenvalue weighted by Crippen LogP contribution is 2.07. The molecular formula is C19H26N2O+2. The van der Waals surface area contributed by atoms with Crippen molar-refractivity contribution in [1.29, 1.82) is 0 Å². The zero-order valence-electron chi connectivity index (χ0n) is 13.1. The smallest absolute Gasteiger partial charge is 0.137 e. The monoisotopic (exact) mass is 298 g/mol. The van der Waals surface area contributed by atoms with Crippen molar-refractivity contribution in [3.8, 4) is 5.75 Å². The molecule has 1 heterocycles. The first-order chi connectivity index (χ1) is 10.9. The van der Waals surface area contributed by atoms with Crippen LogP contribution in [0.2, 0.25) is 0 Å². The molecular weight excluding hydrogens is 272 g/mol. The van der Waals surface area contributed by atoms with Crippen LogP contribution >= 0.6 is 0 Å². The number of piperazine rings is 1. The summed E-state index contributed by atoms with van der Waals surface area (Å²) in [5.74, 6) is 0.982. The second-order valence-corrected chi connectivity index (χ2v) is 6.07. The summed E-state index contributed by atoms with van der Waals surface area (Å²) < 4.78 is 5.80. The van der Waals surface area contributed by atoms with Gasteiger partial charge in [-0.2, -0.15) is 0 Å². The van der Waals surface area contributed by atoms with Crippen LogP contribution in [0.15, 0.2) is 60.7 Å². The van der Waals surface area contributed by atoms with Crippen LogP contribution in [-0.4, -0.2) is 39.3 Å². The molecule has 2 aromatic rings. The van der Waals surface area contributed by atoms with Gasteiger partial charge in [0.2, 0.25) is 0 Å². The summed E-state index contributed by atoms with van der Waals surface area (Å²) in [6.07, 6.45) is 0. The lowest BCUT2D eigenvalue weighted by atomic mass is 10.2. The van der Waals surface area contributed by atoms with Crippen molar-refractivity contribution in [1.82, 2.24) is 0 Å². The molecule has 0 aromatic heterocycles. The fourth-order valence-corrected chi connectivity index (χ4v) is 3.10. The van der Waals surface area contributed by atoms with Gasteiger partial charge in [-0.15, -0.1) is 0 Å². The molecule has 1 aliphatic heterocycles. The number of benzene rings is 2. The zero-order valence-corrected chi connectivity index (χ0v) is 13.1. The van der Waals surface area contributed by atoms with Gasteiger partial charge in [-0.25, -0.2) is 0 Å². The fraction of sp³-hybridized carbons (Fsp3) is 0.368. The summed E-state index contributed by atoms with van der Waals surface area (Å²) in [4.78, 5) is 3.38. The molecule has 1 saturated heterocycles. The minimum absolute atomic E-state index is 0.813. The normalized spacial score (nSPS) is 21.5. The first kappa shape index (κ1) is 15.1. The van der Waals surface area contributed by atoms with Gasteiger partial charge in [-0.3, -0.25) is 0 Å². The third-order valence-electron chi connectivity index (χ3n) is 4.43. The number of rotatable bonds is 6. The van der Waals surface area contributed by atoms with Crippen LogP contribution in [0, 0.1) is 0 Å². The van der Waals surface area contributed by atoms with Crippen LogP contribution in [-0.2, 0) is 6.54 Å². The van der Waals surface area contributed by atoms with Gasteiger partial charge in [0.25, 0.3) is 0 Å². The van der Waals surface area contributed by atoms with E-state index in [0.717, 1.165) is 25.4 Å². The first-order valence-electron chi connectivity index (χ1n) is 8.29.